The van der Waals surface area contributed by atoms with Crippen molar-refractivity contribution in [2.24, 2.45) is 0 Å². The molecule has 38 heavy (non-hydrogen) atoms. The number of hydrogen-bond donors (Lipinski definition) is 1. The van der Waals surface area contributed by atoms with Gasteiger partial charge in [-0.3, -0.25) is 9.59 Å². The highest BCUT2D eigenvalue weighted by Crippen LogP contribution is 2.46. The minimum Gasteiger partial charge on any atom is -0.479 e. The molecular weight excluding hydrogens is 529 g/mol. The molecule has 2 aliphatic rings. The van der Waals surface area contributed by atoms with Gasteiger partial charge in [-0.25, -0.2) is 9.67 Å². The third-order valence-corrected chi connectivity index (χ3v) is 7.42. The monoisotopic (exact) mass is 557 g/mol. The molecule has 4 heterocycles. The zero-order chi connectivity index (χ0) is 27.3. The Kier molecular flexibility index (Phi) is 6.96. The number of hydrogen-bond acceptors (Lipinski definition) is 7. The number of carbonyl (C=O) groups is 2. The summed E-state index contributed by atoms with van der Waals surface area (Å²) in [6.07, 6.45) is 1.99. The van der Waals surface area contributed by atoms with E-state index in [2.05, 4.69) is 15.3 Å². The molecule has 0 saturated carbocycles. The van der Waals surface area contributed by atoms with Crippen molar-refractivity contribution in [2.75, 3.05) is 32.6 Å². The summed E-state index contributed by atoms with van der Waals surface area (Å²) in [6, 6.07) is 6.00. The number of fused-ring (bicyclic) bond motifs is 1. The van der Waals surface area contributed by atoms with Gasteiger partial charge in [0.2, 0.25) is 17.7 Å². The van der Waals surface area contributed by atoms with Gasteiger partial charge in [-0.1, -0.05) is 37.6 Å². The fourth-order valence-corrected chi connectivity index (χ4v) is 5.52. The summed E-state index contributed by atoms with van der Waals surface area (Å²) in [5.74, 6) is 0.198. The smallest absolute Gasteiger partial charge is 0.276 e. The lowest BCUT2D eigenvalue weighted by Crippen LogP contribution is -2.55. The van der Waals surface area contributed by atoms with Crippen LogP contribution in [0.2, 0.25) is 5.02 Å². The number of ether oxygens (including phenoxy) is 1. The predicted octanol–water partition coefficient (Wildman–Crippen LogP) is 3.55. The zero-order valence-corrected chi connectivity index (χ0v) is 23.3. The van der Waals surface area contributed by atoms with Crippen molar-refractivity contribution in [1.82, 2.24) is 30.0 Å². The molecule has 1 N–H and O–H groups in total. The summed E-state index contributed by atoms with van der Waals surface area (Å²) in [5.41, 5.74) is 3.14. The number of anilines is 1. The molecule has 2 unspecified atom stereocenters. The molecule has 0 aliphatic carbocycles. The topological polar surface area (TPSA) is 105 Å². The van der Waals surface area contributed by atoms with E-state index in [0.29, 0.717) is 35.5 Å². The van der Waals surface area contributed by atoms with Crippen LogP contribution in [0.1, 0.15) is 59.5 Å². The number of aromatic nitrogens is 4. The lowest BCUT2D eigenvalue weighted by Gasteiger charge is -2.37. The van der Waals surface area contributed by atoms with Gasteiger partial charge < -0.3 is 19.9 Å². The highest BCUT2D eigenvalue weighted by atomic mass is 35.5. The van der Waals surface area contributed by atoms with Crippen molar-refractivity contribution in [1.29, 1.82) is 0 Å². The number of rotatable bonds is 6. The molecule has 0 spiro atoms. The highest BCUT2D eigenvalue weighted by Gasteiger charge is 2.49. The van der Waals surface area contributed by atoms with E-state index in [9.17, 15) is 9.59 Å². The number of carbonyl (C=O) groups excluding carboxylic acids is 2. The second-order valence-electron chi connectivity index (χ2n) is 9.93. The van der Waals surface area contributed by atoms with Crippen LogP contribution in [0.3, 0.4) is 0 Å². The van der Waals surface area contributed by atoms with E-state index in [0.717, 1.165) is 16.8 Å². The minimum atomic E-state index is -0.737. The first-order valence-corrected chi connectivity index (χ1v) is 13.1. The molecule has 2 aliphatic heterocycles. The molecule has 200 valence electrons. The third kappa shape index (κ3) is 4.35. The number of halogens is 2. The Morgan fingerprint density at radius 1 is 1.18 bits per heavy atom. The average molecular weight is 558 g/mol. The van der Waals surface area contributed by atoms with Crippen LogP contribution in [0.5, 0.6) is 5.88 Å². The van der Waals surface area contributed by atoms with Crippen LogP contribution in [0, 0.1) is 0 Å². The summed E-state index contributed by atoms with van der Waals surface area (Å²) in [7, 11) is 5.21. The molecule has 1 aromatic carbocycles. The molecule has 0 bridgehead atoms. The molecule has 12 heteroatoms. The second-order valence-corrected chi connectivity index (χ2v) is 11.0. The predicted molar refractivity (Wildman–Crippen MR) is 145 cm³/mol. The molecule has 0 radical (unpaired) electrons. The Bertz CT molecular complexity index is 1390. The summed E-state index contributed by atoms with van der Waals surface area (Å²) >= 11 is 12.6. The molecule has 1 fully saturated rings. The van der Waals surface area contributed by atoms with Gasteiger partial charge in [-0.05, 0) is 30.0 Å². The van der Waals surface area contributed by atoms with Crippen LogP contribution in [0.4, 0.5) is 5.95 Å². The van der Waals surface area contributed by atoms with Gasteiger partial charge in [0.05, 0.1) is 30.4 Å². The average Bonchev–Trinajstić information content (AvgIpc) is 3.40. The highest BCUT2D eigenvalue weighted by molar-refractivity contribution is 6.30. The van der Waals surface area contributed by atoms with E-state index < -0.39 is 12.1 Å². The normalized spacial score (nSPS) is 21.1. The van der Waals surface area contributed by atoms with E-state index in [1.165, 1.54) is 7.11 Å². The lowest BCUT2D eigenvalue weighted by molar-refractivity contribution is -0.127. The van der Waals surface area contributed by atoms with Crippen LogP contribution in [-0.4, -0.2) is 75.6 Å². The maximum Gasteiger partial charge on any atom is 0.276 e. The standard InChI is InChI=1S/C26H29Cl2N7O3/c1-13(2)21-19-20(32-35(21)18-12-30-26(33(3)4)31-24(18)38-5)25(37)34(17-10-16(28)11-29-23(17)36)22(19)14-6-8-15(27)9-7-14/h6-9,12-13,16-17,22H,10-11H2,1-5H3,(H,29,36)/t16?,17?,22-/m1/s1. The quantitative estimate of drug-likeness (QED) is 0.462. The summed E-state index contributed by atoms with van der Waals surface area (Å²) in [5, 5.41) is 7.91. The number of alkyl halides is 1. The van der Waals surface area contributed by atoms with Gasteiger partial charge in [0, 0.05) is 31.2 Å². The van der Waals surface area contributed by atoms with Crippen molar-refractivity contribution in [2.45, 2.75) is 43.6 Å². The first-order chi connectivity index (χ1) is 18.1. The van der Waals surface area contributed by atoms with Gasteiger partial charge in [0.15, 0.2) is 5.69 Å². The fraction of sp³-hybridized carbons (Fsp3) is 0.423. The Morgan fingerprint density at radius 2 is 1.89 bits per heavy atom. The molecular formula is C26H29Cl2N7O3. The van der Waals surface area contributed by atoms with Crippen LogP contribution >= 0.6 is 23.2 Å². The van der Waals surface area contributed by atoms with Gasteiger partial charge in [0.1, 0.15) is 11.7 Å². The van der Waals surface area contributed by atoms with E-state index in [-0.39, 0.29) is 28.8 Å². The van der Waals surface area contributed by atoms with Crippen molar-refractivity contribution >= 4 is 41.0 Å². The van der Waals surface area contributed by atoms with Crippen molar-refractivity contribution in [3.05, 3.63) is 58.0 Å². The number of benzene rings is 1. The summed E-state index contributed by atoms with van der Waals surface area (Å²) in [6.45, 7) is 4.43. The number of amides is 2. The van der Waals surface area contributed by atoms with E-state index in [4.69, 9.17) is 33.0 Å². The first-order valence-electron chi connectivity index (χ1n) is 12.3. The van der Waals surface area contributed by atoms with E-state index >= 15 is 0 Å². The van der Waals surface area contributed by atoms with E-state index in [1.807, 2.05) is 40.1 Å². The summed E-state index contributed by atoms with van der Waals surface area (Å²) in [4.78, 5) is 39.4. The molecule has 5 rings (SSSR count). The maximum atomic E-state index is 14.0. The molecule has 2 aromatic heterocycles. The molecule has 1 saturated heterocycles. The van der Waals surface area contributed by atoms with Gasteiger partial charge in [-0.15, -0.1) is 11.6 Å². The largest absolute Gasteiger partial charge is 0.479 e. The maximum absolute atomic E-state index is 14.0. The van der Waals surface area contributed by atoms with E-state index in [1.54, 1.807) is 32.8 Å². The van der Waals surface area contributed by atoms with Crippen LogP contribution in [-0.2, 0) is 4.79 Å². The Labute approximate surface area is 230 Å². The van der Waals surface area contributed by atoms with Crippen molar-refractivity contribution < 1.29 is 14.3 Å². The van der Waals surface area contributed by atoms with Crippen molar-refractivity contribution in [3.8, 4) is 11.6 Å². The lowest BCUT2D eigenvalue weighted by atomic mass is 9.93. The number of methoxy groups -OCH3 is 1. The Balaban J connectivity index is 1.72. The summed E-state index contributed by atoms with van der Waals surface area (Å²) < 4.78 is 7.30. The minimum absolute atomic E-state index is 0.0482. The fourth-order valence-electron chi connectivity index (χ4n) is 5.15. The van der Waals surface area contributed by atoms with Crippen LogP contribution < -0.4 is 15.0 Å². The van der Waals surface area contributed by atoms with Gasteiger partial charge >= 0.3 is 0 Å². The first kappa shape index (κ1) is 26.2. The second kappa shape index (κ2) is 10.1. The number of nitrogens with one attached hydrogen (secondary N) is 1. The zero-order valence-electron chi connectivity index (χ0n) is 21.8. The SMILES string of the molecule is COc1nc(N(C)C)ncc1-n1nc2c(c1C(C)C)[C@@H](c1ccc(Cl)cc1)N(C1CC(Cl)CNC1=O)C2=O. The van der Waals surface area contributed by atoms with Crippen molar-refractivity contribution in [3.63, 3.8) is 0 Å². The molecule has 3 aromatic rings. The van der Waals surface area contributed by atoms with Crippen LogP contribution in [0.15, 0.2) is 30.5 Å². The third-order valence-electron chi connectivity index (χ3n) is 6.84. The Morgan fingerprint density at radius 3 is 2.53 bits per heavy atom. The van der Waals surface area contributed by atoms with Crippen LogP contribution in [0.25, 0.3) is 5.69 Å². The molecule has 10 nitrogen and oxygen atoms in total. The number of nitrogens with zero attached hydrogens (tertiary/aromatic N) is 6. The number of piperidine rings is 1. The molecule has 3 atom stereocenters. The van der Waals surface area contributed by atoms with Gasteiger partial charge in [0.25, 0.3) is 5.91 Å². The molecule has 2 amide bonds. The van der Waals surface area contributed by atoms with Gasteiger partial charge in [-0.2, -0.15) is 10.1 Å². The Hall–Kier alpha value is -3.37.